The van der Waals surface area contributed by atoms with Crippen LogP contribution in [0.25, 0.3) is 0 Å². The van der Waals surface area contributed by atoms with E-state index in [1.54, 1.807) is 6.08 Å². The van der Waals surface area contributed by atoms with Crippen LogP contribution in [0.15, 0.2) is 47.1 Å². The molecule has 0 bridgehead atoms. The summed E-state index contributed by atoms with van der Waals surface area (Å²) in [4.78, 5) is 0. The summed E-state index contributed by atoms with van der Waals surface area (Å²) in [5.41, 5.74) is 4.25. The summed E-state index contributed by atoms with van der Waals surface area (Å²) in [6, 6.07) is 0. The number of hydrogen-bond donors (Lipinski definition) is 1. The van der Waals surface area contributed by atoms with Gasteiger partial charge in [0.25, 0.3) is 0 Å². The Bertz CT molecular complexity index is 369. The molecule has 0 unspecified atom stereocenters. The number of aliphatic hydroxyl groups is 1. The highest BCUT2D eigenvalue weighted by atomic mass is 16.5. The lowest BCUT2D eigenvalue weighted by molar-refractivity contribution is 0.192. The van der Waals surface area contributed by atoms with E-state index in [0.717, 1.165) is 25.7 Å². The molecule has 1 N–H and O–H groups in total. The van der Waals surface area contributed by atoms with Crippen LogP contribution < -0.4 is 0 Å². The molecule has 2 nitrogen and oxygen atoms in total. The van der Waals surface area contributed by atoms with E-state index in [4.69, 9.17) is 9.84 Å². The van der Waals surface area contributed by atoms with E-state index in [-0.39, 0.29) is 6.61 Å². The molecule has 2 heteroatoms. The van der Waals surface area contributed by atoms with Crippen molar-refractivity contribution in [2.24, 2.45) is 0 Å². The van der Waals surface area contributed by atoms with Gasteiger partial charge in [-0.3, -0.25) is 0 Å². The standard InChI is InChI=1S/C19H32O2/c1-17(2)9-7-10-18(3)11-8-12-19(4)13-16-21-15-6-5-14-20/h5-6,9,11,13,20H,7-8,10,12,14-16H2,1-4H3/b6-5+,18-11+,19-13+. The summed E-state index contributed by atoms with van der Waals surface area (Å²) in [6.07, 6.45) is 14.8. The Balaban J connectivity index is 3.78. The molecule has 0 rings (SSSR count). The molecule has 21 heavy (non-hydrogen) atoms. The zero-order valence-corrected chi connectivity index (χ0v) is 14.2. The van der Waals surface area contributed by atoms with Gasteiger partial charge in [-0.25, -0.2) is 0 Å². The zero-order chi connectivity index (χ0) is 15.9. The topological polar surface area (TPSA) is 29.5 Å². The fourth-order valence-corrected chi connectivity index (χ4v) is 1.82. The van der Waals surface area contributed by atoms with Crippen LogP contribution in [0.1, 0.15) is 53.4 Å². The van der Waals surface area contributed by atoms with E-state index in [2.05, 4.69) is 45.9 Å². The van der Waals surface area contributed by atoms with Crippen LogP contribution in [0, 0.1) is 0 Å². The molecule has 0 fully saturated rings. The number of rotatable bonds is 11. The molecular formula is C19H32O2. The van der Waals surface area contributed by atoms with Crippen molar-refractivity contribution in [2.75, 3.05) is 19.8 Å². The molecule has 0 saturated carbocycles. The maximum Gasteiger partial charge on any atom is 0.0654 e. The molecule has 0 aliphatic carbocycles. The fourth-order valence-electron chi connectivity index (χ4n) is 1.82. The van der Waals surface area contributed by atoms with Crippen LogP contribution >= 0.6 is 0 Å². The van der Waals surface area contributed by atoms with Crippen LogP contribution in [0.3, 0.4) is 0 Å². The van der Waals surface area contributed by atoms with Crippen molar-refractivity contribution in [3.05, 3.63) is 47.1 Å². The fraction of sp³-hybridized carbons (Fsp3) is 0.579. The molecular weight excluding hydrogens is 260 g/mol. The van der Waals surface area contributed by atoms with Gasteiger partial charge < -0.3 is 9.84 Å². The average molecular weight is 292 g/mol. The van der Waals surface area contributed by atoms with Gasteiger partial charge in [-0.1, -0.05) is 47.1 Å². The van der Waals surface area contributed by atoms with Crippen LogP contribution in [0.4, 0.5) is 0 Å². The summed E-state index contributed by atoms with van der Waals surface area (Å²) < 4.78 is 5.41. The third-order valence-corrected chi connectivity index (χ3v) is 3.16. The Hall–Kier alpha value is -1.12. The summed E-state index contributed by atoms with van der Waals surface area (Å²) in [5, 5.41) is 8.57. The van der Waals surface area contributed by atoms with Crippen LogP contribution in [0.5, 0.6) is 0 Å². The zero-order valence-electron chi connectivity index (χ0n) is 14.2. The molecule has 0 aromatic carbocycles. The molecule has 0 radical (unpaired) electrons. The lowest BCUT2D eigenvalue weighted by Gasteiger charge is -2.02. The van der Waals surface area contributed by atoms with Gasteiger partial charge in [0.05, 0.1) is 19.8 Å². The number of ether oxygens (including phenoxy) is 1. The van der Waals surface area contributed by atoms with Crippen molar-refractivity contribution in [3.8, 4) is 0 Å². The molecule has 0 saturated heterocycles. The van der Waals surface area contributed by atoms with Crippen LogP contribution in [-0.2, 0) is 4.74 Å². The van der Waals surface area contributed by atoms with Gasteiger partial charge in [0.15, 0.2) is 0 Å². The second-order valence-electron chi connectivity index (χ2n) is 5.65. The molecule has 0 aliphatic heterocycles. The Morgan fingerprint density at radius 3 is 2.05 bits per heavy atom. The highest BCUT2D eigenvalue weighted by molar-refractivity contribution is 5.05. The van der Waals surface area contributed by atoms with Crippen molar-refractivity contribution < 1.29 is 9.84 Å². The van der Waals surface area contributed by atoms with Gasteiger partial charge in [0, 0.05) is 0 Å². The largest absolute Gasteiger partial charge is 0.392 e. The van der Waals surface area contributed by atoms with Crippen molar-refractivity contribution in [2.45, 2.75) is 53.4 Å². The van der Waals surface area contributed by atoms with Gasteiger partial charge in [-0.15, -0.1) is 0 Å². The summed E-state index contributed by atoms with van der Waals surface area (Å²) in [7, 11) is 0. The Morgan fingerprint density at radius 1 is 0.810 bits per heavy atom. The quantitative estimate of drug-likeness (QED) is 0.430. The molecule has 0 heterocycles. The van der Waals surface area contributed by atoms with Gasteiger partial charge in [-0.2, -0.15) is 0 Å². The van der Waals surface area contributed by atoms with E-state index < -0.39 is 0 Å². The van der Waals surface area contributed by atoms with Gasteiger partial charge >= 0.3 is 0 Å². The third kappa shape index (κ3) is 15.1. The van der Waals surface area contributed by atoms with E-state index in [1.165, 1.54) is 16.7 Å². The second-order valence-corrected chi connectivity index (χ2v) is 5.65. The summed E-state index contributed by atoms with van der Waals surface area (Å²) in [5.74, 6) is 0. The minimum absolute atomic E-state index is 0.0809. The molecule has 0 aliphatic rings. The first-order chi connectivity index (χ1) is 10.1. The van der Waals surface area contributed by atoms with E-state index in [9.17, 15) is 0 Å². The van der Waals surface area contributed by atoms with Gasteiger partial charge in [0.2, 0.25) is 0 Å². The lowest BCUT2D eigenvalue weighted by atomic mass is 10.1. The minimum Gasteiger partial charge on any atom is -0.392 e. The Kier molecular flexibility index (Phi) is 13.1. The monoisotopic (exact) mass is 292 g/mol. The maximum absolute atomic E-state index is 8.57. The third-order valence-electron chi connectivity index (χ3n) is 3.16. The first kappa shape index (κ1) is 19.9. The van der Waals surface area contributed by atoms with E-state index in [0.29, 0.717) is 13.2 Å². The first-order valence-electron chi connectivity index (χ1n) is 7.84. The maximum atomic E-state index is 8.57. The molecule has 0 amide bonds. The van der Waals surface area contributed by atoms with Crippen molar-refractivity contribution in [1.82, 2.24) is 0 Å². The SMILES string of the molecule is CC(C)=CCC/C(C)=C/CC/C(C)=C/COC/C=C/CO. The Labute approximate surface area is 130 Å². The Morgan fingerprint density at radius 2 is 1.43 bits per heavy atom. The molecule has 0 atom stereocenters. The second kappa shape index (κ2) is 13.8. The average Bonchev–Trinajstić information content (AvgIpc) is 2.42. The number of hydrogen-bond acceptors (Lipinski definition) is 2. The molecule has 120 valence electrons. The van der Waals surface area contributed by atoms with Crippen molar-refractivity contribution >= 4 is 0 Å². The summed E-state index contributed by atoms with van der Waals surface area (Å²) in [6.45, 7) is 9.95. The lowest BCUT2D eigenvalue weighted by Crippen LogP contribution is -1.92. The molecule has 0 spiro atoms. The van der Waals surface area contributed by atoms with Gasteiger partial charge in [0.1, 0.15) is 0 Å². The molecule has 0 aromatic heterocycles. The normalized spacial score (nSPS) is 13.0. The number of allylic oxidation sites excluding steroid dienone is 5. The highest BCUT2D eigenvalue weighted by Crippen LogP contribution is 2.11. The van der Waals surface area contributed by atoms with E-state index in [1.807, 2.05) is 6.08 Å². The summed E-state index contributed by atoms with van der Waals surface area (Å²) >= 11 is 0. The van der Waals surface area contributed by atoms with Crippen molar-refractivity contribution in [1.29, 1.82) is 0 Å². The number of aliphatic hydroxyl groups excluding tert-OH is 1. The first-order valence-corrected chi connectivity index (χ1v) is 7.84. The predicted octanol–water partition coefficient (Wildman–Crippen LogP) is 4.97. The highest BCUT2D eigenvalue weighted by Gasteiger charge is 1.92. The van der Waals surface area contributed by atoms with Crippen LogP contribution in [-0.4, -0.2) is 24.9 Å². The smallest absolute Gasteiger partial charge is 0.0654 e. The van der Waals surface area contributed by atoms with Gasteiger partial charge in [-0.05, 0) is 53.4 Å². The molecule has 0 aromatic rings. The predicted molar refractivity (Wildman–Crippen MR) is 92.5 cm³/mol. The van der Waals surface area contributed by atoms with Crippen molar-refractivity contribution in [3.63, 3.8) is 0 Å². The van der Waals surface area contributed by atoms with Crippen LogP contribution in [0.2, 0.25) is 0 Å². The minimum atomic E-state index is 0.0809. The van der Waals surface area contributed by atoms with E-state index >= 15 is 0 Å².